The molecule has 2 heterocycles. The molecule has 2 aromatic heterocycles. The van der Waals surface area contributed by atoms with E-state index in [1.165, 1.54) is 17.4 Å². The number of fused-ring (bicyclic) bond motifs is 1. The van der Waals surface area contributed by atoms with Gasteiger partial charge in [0.15, 0.2) is 6.10 Å². The maximum Gasteiger partial charge on any atom is 0.341 e. The zero-order valence-corrected chi connectivity index (χ0v) is 21.1. The number of anilines is 1. The lowest BCUT2D eigenvalue weighted by atomic mass is 10.0. The second kappa shape index (κ2) is 10.7. The highest BCUT2D eigenvalue weighted by molar-refractivity contribution is 7.15. The first kappa shape index (κ1) is 25.0. The number of esters is 1. The van der Waals surface area contributed by atoms with Crippen molar-refractivity contribution >= 4 is 39.2 Å². The van der Waals surface area contributed by atoms with Crippen LogP contribution >= 0.6 is 11.3 Å². The predicted molar refractivity (Wildman–Crippen MR) is 138 cm³/mol. The fraction of sp³-hybridized carbons (Fsp3) is 0.222. The molecule has 0 fully saturated rings. The zero-order chi connectivity index (χ0) is 25.8. The van der Waals surface area contributed by atoms with Gasteiger partial charge in [-0.05, 0) is 56.2 Å². The maximum absolute atomic E-state index is 13.0. The second-order valence-corrected chi connectivity index (χ2v) is 8.84. The Morgan fingerprint density at radius 2 is 1.81 bits per heavy atom. The number of nitrogens with one attached hydrogen (secondary N) is 1. The van der Waals surface area contributed by atoms with Crippen LogP contribution in [0, 0.1) is 6.92 Å². The molecule has 4 aromatic rings. The highest BCUT2D eigenvalue weighted by Crippen LogP contribution is 2.37. The van der Waals surface area contributed by atoms with Gasteiger partial charge in [0.25, 0.3) is 5.91 Å². The maximum atomic E-state index is 13.0. The van der Waals surface area contributed by atoms with E-state index in [9.17, 15) is 14.4 Å². The summed E-state index contributed by atoms with van der Waals surface area (Å²) in [4.78, 5) is 37.5. The molecule has 36 heavy (non-hydrogen) atoms. The number of carbonyl (C=O) groups excluding carboxylic acids is 2. The highest BCUT2D eigenvalue weighted by atomic mass is 32.1. The van der Waals surface area contributed by atoms with E-state index in [-0.39, 0.29) is 12.2 Å². The third-order valence-corrected chi connectivity index (χ3v) is 6.41. The van der Waals surface area contributed by atoms with Gasteiger partial charge in [-0.2, -0.15) is 0 Å². The fourth-order valence-electron chi connectivity index (χ4n) is 3.69. The van der Waals surface area contributed by atoms with E-state index in [2.05, 4.69) is 5.32 Å². The summed E-state index contributed by atoms with van der Waals surface area (Å²) < 4.78 is 21.5. The number of aryl methyl sites for hydroxylation is 1. The summed E-state index contributed by atoms with van der Waals surface area (Å²) in [6, 6.07) is 13.7. The minimum Gasteiger partial charge on any atom is -0.497 e. The Labute approximate surface area is 211 Å². The van der Waals surface area contributed by atoms with Gasteiger partial charge in [0, 0.05) is 28.5 Å². The molecule has 1 amide bonds. The molecule has 0 spiro atoms. The Morgan fingerprint density at radius 1 is 1.08 bits per heavy atom. The predicted octanol–water partition coefficient (Wildman–Crippen LogP) is 5.42. The molecule has 0 bridgehead atoms. The number of methoxy groups -OCH3 is 1. The fourth-order valence-corrected chi connectivity index (χ4v) is 4.65. The first-order chi connectivity index (χ1) is 17.3. The van der Waals surface area contributed by atoms with E-state index in [0.29, 0.717) is 27.6 Å². The van der Waals surface area contributed by atoms with Gasteiger partial charge in [0.05, 0.1) is 13.7 Å². The molecule has 1 atom stereocenters. The molecule has 0 radical (unpaired) electrons. The van der Waals surface area contributed by atoms with Crippen LogP contribution in [0.4, 0.5) is 5.00 Å². The van der Waals surface area contributed by atoms with Gasteiger partial charge in [0.1, 0.15) is 27.6 Å². The standard InChI is InChI=1S/C27H25NO7S/c1-5-33-27(31)24-21(17-6-8-18(32-4)9-7-17)14-36-26(24)28-25(30)16(3)34-19-10-11-20-15(2)12-23(29)35-22(20)13-19/h6-14,16H,5H2,1-4H3,(H,28,30). The van der Waals surface area contributed by atoms with Crippen molar-refractivity contribution in [2.45, 2.75) is 26.9 Å². The molecular formula is C27H25NO7S. The Hall–Kier alpha value is -4.11. The molecule has 9 heteroatoms. The van der Waals surface area contributed by atoms with Crippen LogP contribution in [0.1, 0.15) is 29.8 Å². The first-order valence-electron chi connectivity index (χ1n) is 11.3. The first-order valence-corrected chi connectivity index (χ1v) is 12.1. The lowest BCUT2D eigenvalue weighted by molar-refractivity contribution is -0.122. The summed E-state index contributed by atoms with van der Waals surface area (Å²) in [5, 5.41) is 5.73. The lowest BCUT2D eigenvalue weighted by Gasteiger charge is -2.15. The van der Waals surface area contributed by atoms with Crippen molar-refractivity contribution in [2.75, 3.05) is 19.0 Å². The number of benzene rings is 2. The molecule has 8 nitrogen and oxygen atoms in total. The van der Waals surface area contributed by atoms with Crippen molar-refractivity contribution in [2.24, 2.45) is 0 Å². The summed E-state index contributed by atoms with van der Waals surface area (Å²) >= 11 is 1.22. The smallest absolute Gasteiger partial charge is 0.341 e. The molecule has 4 rings (SSSR count). The average molecular weight is 508 g/mol. The number of thiophene rings is 1. The van der Waals surface area contributed by atoms with Gasteiger partial charge in [-0.25, -0.2) is 9.59 Å². The molecule has 2 aromatic carbocycles. The number of carbonyl (C=O) groups is 2. The van der Waals surface area contributed by atoms with Gasteiger partial charge < -0.3 is 23.9 Å². The molecule has 1 N–H and O–H groups in total. The van der Waals surface area contributed by atoms with Crippen LogP contribution < -0.4 is 20.4 Å². The molecule has 0 saturated heterocycles. The molecule has 0 aliphatic carbocycles. The lowest BCUT2D eigenvalue weighted by Crippen LogP contribution is -2.30. The van der Waals surface area contributed by atoms with E-state index in [1.807, 2.05) is 19.1 Å². The Bertz CT molecular complexity index is 1470. The summed E-state index contributed by atoms with van der Waals surface area (Å²) in [6.07, 6.45) is -0.902. The molecule has 186 valence electrons. The van der Waals surface area contributed by atoms with Gasteiger partial charge in [0.2, 0.25) is 0 Å². The molecular weight excluding hydrogens is 482 g/mol. The average Bonchev–Trinajstić information content (AvgIpc) is 3.27. The third kappa shape index (κ3) is 5.26. The highest BCUT2D eigenvalue weighted by Gasteiger charge is 2.25. The SMILES string of the molecule is CCOC(=O)c1c(-c2ccc(OC)cc2)csc1NC(=O)C(C)Oc1ccc2c(C)cc(=O)oc2c1. The quantitative estimate of drug-likeness (QED) is 0.251. The monoisotopic (exact) mass is 507 g/mol. The van der Waals surface area contributed by atoms with Crippen LogP contribution in [0.3, 0.4) is 0 Å². The number of hydrogen-bond acceptors (Lipinski definition) is 8. The molecule has 0 aliphatic heterocycles. The third-order valence-electron chi connectivity index (χ3n) is 5.51. The topological polar surface area (TPSA) is 104 Å². The molecule has 0 saturated carbocycles. The van der Waals surface area contributed by atoms with Crippen molar-refractivity contribution in [1.29, 1.82) is 0 Å². The van der Waals surface area contributed by atoms with Crippen molar-refractivity contribution in [3.8, 4) is 22.6 Å². The van der Waals surface area contributed by atoms with Crippen LogP contribution in [0.2, 0.25) is 0 Å². The number of rotatable bonds is 8. The Balaban J connectivity index is 1.57. The van der Waals surface area contributed by atoms with Crippen LogP contribution in [-0.2, 0) is 9.53 Å². The molecule has 0 aliphatic rings. The van der Waals surface area contributed by atoms with Crippen LogP contribution in [-0.4, -0.2) is 31.7 Å². The van der Waals surface area contributed by atoms with E-state index >= 15 is 0 Å². The van der Waals surface area contributed by atoms with Crippen LogP contribution in [0.5, 0.6) is 11.5 Å². The second-order valence-electron chi connectivity index (χ2n) is 7.96. The van der Waals surface area contributed by atoms with E-state index < -0.39 is 23.6 Å². The summed E-state index contributed by atoms with van der Waals surface area (Å²) in [6.45, 7) is 5.33. The van der Waals surface area contributed by atoms with Crippen LogP contribution in [0.15, 0.2) is 63.1 Å². The number of amides is 1. The summed E-state index contributed by atoms with van der Waals surface area (Å²) in [5.74, 6) is 0.0757. The van der Waals surface area contributed by atoms with Gasteiger partial charge in [-0.1, -0.05) is 12.1 Å². The van der Waals surface area contributed by atoms with Crippen molar-refractivity contribution in [3.63, 3.8) is 0 Å². The van der Waals surface area contributed by atoms with Gasteiger partial charge >= 0.3 is 11.6 Å². The van der Waals surface area contributed by atoms with Crippen LogP contribution in [0.25, 0.3) is 22.1 Å². The largest absolute Gasteiger partial charge is 0.497 e. The van der Waals surface area contributed by atoms with Crippen molar-refractivity contribution in [3.05, 3.63) is 75.5 Å². The summed E-state index contributed by atoms with van der Waals surface area (Å²) in [7, 11) is 1.58. The van der Waals surface area contributed by atoms with E-state index in [0.717, 1.165) is 16.5 Å². The van der Waals surface area contributed by atoms with Crippen molar-refractivity contribution < 1.29 is 28.2 Å². The van der Waals surface area contributed by atoms with E-state index in [1.54, 1.807) is 56.7 Å². The minimum absolute atomic E-state index is 0.196. The van der Waals surface area contributed by atoms with E-state index in [4.69, 9.17) is 18.6 Å². The van der Waals surface area contributed by atoms with Crippen molar-refractivity contribution in [1.82, 2.24) is 0 Å². The van der Waals surface area contributed by atoms with Gasteiger partial charge in [-0.15, -0.1) is 11.3 Å². The summed E-state index contributed by atoms with van der Waals surface area (Å²) in [5.41, 5.74) is 2.40. The minimum atomic E-state index is -0.902. The number of hydrogen-bond donors (Lipinski definition) is 1. The van der Waals surface area contributed by atoms with Gasteiger partial charge in [-0.3, -0.25) is 4.79 Å². The zero-order valence-electron chi connectivity index (χ0n) is 20.2. The normalized spacial score (nSPS) is 11.7. The number of ether oxygens (including phenoxy) is 3. The Kier molecular flexibility index (Phi) is 7.40. The molecule has 1 unspecified atom stereocenters. The Morgan fingerprint density at radius 3 is 2.50 bits per heavy atom.